The van der Waals surface area contributed by atoms with Gasteiger partial charge in [-0.25, -0.2) is 0 Å². The van der Waals surface area contributed by atoms with E-state index in [1.165, 1.54) is 20.2 Å². The van der Waals surface area contributed by atoms with E-state index >= 15 is 0 Å². The number of allylic oxidation sites excluding steroid dienone is 4. The third-order valence-electron chi connectivity index (χ3n) is 8.44. The van der Waals surface area contributed by atoms with Crippen molar-refractivity contribution in [3.63, 3.8) is 0 Å². The molecule has 0 amide bonds. The Hall–Kier alpha value is -6.37. The maximum Gasteiger partial charge on any atom is 0.168 e. The molecule has 4 heterocycles. The van der Waals surface area contributed by atoms with Crippen LogP contribution in [0, 0.1) is 0 Å². The number of benzene rings is 5. The van der Waals surface area contributed by atoms with Crippen molar-refractivity contribution in [1.29, 1.82) is 0 Å². The molecule has 0 bridgehead atoms. The number of rotatable bonds is 5. The van der Waals surface area contributed by atoms with Gasteiger partial charge in [-0.3, -0.25) is 9.55 Å². The fourth-order valence-corrected chi connectivity index (χ4v) is 7.41. The zero-order valence-electron chi connectivity index (χ0n) is 28.6. The number of thiophene rings is 1. The summed E-state index contributed by atoms with van der Waals surface area (Å²) in [5.74, 6) is 1.61. The molecule has 0 aliphatic rings. The fraction of sp³-hybridized carbons (Fsp3) is 0.0444. The Morgan fingerprint density at radius 1 is 0.569 bits per heavy atom. The van der Waals surface area contributed by atoms with Gasteiger partial charge in [0.2, 0.25) is 0 Å². The molecule has 0 spiro atoms. The molecule has 248 valence electrons. The lowest BCUT2D eigenvalue weighted by Crippen LogP contribution is -2.01. The first-order valence-corrected chi connectivity index (χ1v) is 17.7. The SMILES string of the molecule is C=C/C=C\C.C=CC.c1ccc(-c2nnc(-c3ccccc3)n2-c2ccc(-n3c4cc5sc6ccccc6c5cc4c4ncccc43)cc2)cc1. The highest BCUT2D eigenvalue weighted by Crippen LogP contribution is 2.40. The van der Waals surface area contributed by atoms with Crippen molar-refractivity contribution in [1.82, 2.24) is 24.3 Å². The Morgan fingerprint density at radius 2 is 1.16 bits per heavy atom. The van der Waals surface area contributed by atoms with Gasteiger partial charge in [-0.15, -0.1) is 28.1 Å². The van der Waals surface area contributed by atoms with Gasteiger partial charge in [0, 0.05) is 54.3 Å². The maximum atomic E-state index is 4.84. The molecule has 4 aromatic heterocycles. The minimum absolute atomic E-state index is 0.806. The van der Waals surface area contributed by atoms with E-state index in [4.69, 9.17) is 4.98 Å². The molecule has 5 nitrogen and oxygen atoms in total. The Kier molecular flexibility index (Phi) is 9.77. The Labute approximate surface area is 301 Å². The van der Waals surface area contributed by atoms with Gasteiger partial charge in [0.1, 0.15) is 0 Å². The first kappa shape index (κ1) is 33.1. The standard InChI is InChI=1S/C37H23N5S.C5H8.C3H6/c1-3-10-24(11-4-1)36-39-40-37(25-12-5-2-6-13-25)42(36)27-19-17-26(18-20-27)41-31-15-9-21-38-35(31)30-22-29-28-14-7-8-16-33(28)43-34(29)23-32(30)41;1-3-5-4-2;1-3-2/h1-23H;3-5H,1H2,2H3;3H,1H2,2H3/b;5-4-;. The van der Waals surface area contributed by atoms with Gasteiger partial charge in [0.05, 0.1) is 16.6 Å². The molecule has 0 aliphatic heterocycles. The zero-order valence-corrected chi connectivity index (χ0v) is 29.5. The molecule has 0 atom stereocenters. The van der Waals surface area contributed by atoms with Gasteiger partial charge >= 0.3 is 0 Å². The fourth-order valence-electron chi connectivity index (χ4n) is 6.29. The molecule has 6 heteroatoms. The number of aromatic nitrogens is 5. The van der Waals surface area contributed by atoms with Crippen molar-refractivity contribution in [2.75, 3.05) is 0 Å². The summed E-state index contributed by atoms with van der Waals surface area (Å²) in [7, 11) is 0. The summed E-state index contributed by atoms with van der Waals surface area (Å²) in [4.78, 5) is 4.84. The van der Waals surface area contributed by atoms with Crippen molar-refractivity contribution in [2.24, 2.45) is 0 Å². The van der Waals surface area contributed by atoms with Crippen LogP contribution < -0.4 is 0 Å². The van der Waals surface area contributed by atoms with E-state index in [-0.39, 0.29) is 0 Å². The van der Waals surface area contributed by atoms with Crippen LogP contribution in [0.4, 0.5) is 0 Å². The summed E-state index contributed by atoms with van der Waals surface area (Å²) >= 11 is 1.84. The van der Waals surface area contributed by atoms with Crippen molar-refractivity contribution >= 4 is 53.4 Å². The van der Waals surface area contributed by atoms with E-state index in [9.17, 15) is 0 Å². The quantitative estimate of drug-likeness (QED) is 0.134. The van der Waals surface area contributed by atoms with Gasteiger partial charge in [0.15, 0.2) is 11.6 Å². The predicted molar refractivity (Wildman–Crippen MR) is 218 cm³/mol. The van der Waals surface area contributed by atoms with E-state index in [0.29, 0.717) is 0 Å². The van der Waals surface area contributed by atoms with Crippen LogP contribution in [0.25, 0.3) is 76.3 Å². The number of fused-ring (bicyclic) bond motifs is 6. The summed E-state index contributed by atoms with van der Waals surface area (Å²) in [6.07, 6.45) is 9.21. The molecule has 9 rings (SSSR count). The van der Waals surface area contributed by atoms with E-state index in [0.717, 1.165) is 56.1 Å². The molecule has 0 aliphatic carbocycles. The largest absolute Gasteiger partial charge is 0.308 e. The molecule has 9 aromatic rings. The van der Waals surface area contributed by atoms with Crippen molar-refractivity contribution in [2.45, 2.75) is 13.8 Å². The smallest absolute Gasteiger partial charge is 0.168 e. The number of pyridine rings is 1. The second-order valence-corrected chi connectivity index (χ2v) is 12.9. The minimum atomic E-state index is 0.806. The molecule has 0 saturated carbocycles. The summed E-state index contributed by atoms with van der Waals surface area (Å²) < 4.78 is 7.05. The lowest BCUT2D eigenvalue weighted by atomic mass is 10.1. The molecule has 0 fully saturated rings. The third-order valence-corrected chi connectivity index (χ3v) is 9.57. The molecule has 0 radical (unpaired) electrons. The van der Waals surface area contributed by atoms with E-state index in [2.05, 4.69) is 123 Å². The topological polar surface area (TPSA) is 48.5 Å². The average molecular weight is 680 g/mol. The number of hydrogen-bond acceptors (Lipinski definition) is 4. The van der Waals surface area contributed by atoms with Crippen molar-refractivity contribution < 1.29 is 0 Å². The van der Waals surface area contributed by atoms with Crippen molar-refractivity contribution in [3.05, 3.63) is 177 Å². The van der Waals surface area contributed by atoms with Gasteiger partial charge in [-0.1, -0.05) is 110 Å². The Morgan fingerprint density at radius 3 is 1.75 bits per heavy atom. The Balaban J connectivity index is 0.000000463. The molecule has 51 heavy (non-hydrogen) atoms. The van der Waals surface area contributed by atoms with Gasteiger partial charge < -0.3 is 4.57 Å². The van der Waals surface area contributed by atoms with E-state index < -0.39 is 0 Å². The highest BCUT2D eigenvalue weighted by Gasteiger charge is 2.19. The summed E-state index contributed by atoms with van der Waals surface area (Å²) in [5, 5.41) is 13.0. The number of nitrogens with zero attached hydrogens (tertiary/aromatic N) is 5. The van der Waals surface area contributed by atoms with Crippen LogP contribution in [0.5, 0.6) is 0 Å². The molecule has 0 saturated heterocycles. The summed E-state index contributed by atoms with van der Waals surface area (Å²) in [6, 6.07) is 46.6. The van der Waals surface area contributed by atoms with Crippen LogP contribution in [0.15, 0.2) is 177 Å². The lowest BCUT2D eigenvalue weighted by molar-refractivity contribution is 1.07. The van der Waals surface area contributed by atoms with Crippen LogP contribution in [-0.2, 0) is 0 Å². The third kappa shape index (κ3) is 6.41. The molecular weight excluding hydrogens is 643 g/mol. The van der Waals surface area contributed by atoms with Gasteiger partial charge in [-0.05, 0) is 68.4 Å². The maximum absolute atomic E-state index is 4.84. The zero-order chi connectivity index (χ0) is 35.2. The number of hydrogen-bond donors (Lipinski definition) is 0. The molecule has 5 aromatic carbocycles. The molecule has 0 N–H and O–H groups in total. The first-order chi connectivity index (χ1) is 25.2. The summed E-state index contributed by atoms with van der Waals surface area (Å²) in [6.45, 7) is 10.7. The van der Waals surface area contributed by atoms with Gasteiger partial charge in [-0.2, -0.15) is 0 Å². The molecule has 0 unspecified atom stereocenters. The highest BCUT2D eigenvalue weighted by atomic mass is 32.1. The minimum Gasteiger partial charge on any atom is -0.308 e. The van der Waals surface area contributed by atoms with E-state index in [1.807, 2.05) is 86.0 Å². The average Bonchev–Trinajstić information content (AvgIpc) is 3.88. The van der Waals surface area contributed by atoms with Crippen molar-refractivity contribution in [3.8, 4) is 34.2 Å². The summed E-state index contributed by atoms with van der Waals surface area (Å²) in [5.41, 5.74) is 7.36. The van der Waals surface area contributed by atoms with Crippen LogP contribution >= 0.6 is 11.3 Å². The Bertz CT molecular complexity index is 2570. The molecular formula is C45H37N5S. The van der Waals surface area contributed by atoms with Crippen LogP contribution in [0.2, 0.25) is 0 Å². The van der Waals surface area contributed by atoms with Gasteiger partial charge in [0.25, 0.3) is 0 Å². The second kappa shape index (κ2) is 15.0. The van der Waals surface area contributed by atoms with Crippen LogP contribution in [-0.4, -0.2) is 24.3 Å². The van der Waals surface area contributed by atoms with Crippen LogP contribution in [0.1, 0.15) is 13.8 Å². The highest BCUT2D eigenvalue weighted by molar-refractivity contribution is 7.25. The first-order valence-electron chi connectivity index (χ1n) is 16.8. The van der Waals surface area contributed by atoms with E-state index in [1.54, 1.807) is 12.2 Å². The van der Waals surface area contributed by atoms with Crippen LogP contribution in [0.3, 0.4) is 0 Å². The lowest BCUT2D eigenvalue weighted by Gasteiger charge is -2.13. The normalized spacial score (nSPS) is 11.0. The predicted octanol–water partition coefficient (Wildman–Crippen LogP) is 12.4. The monoisotopic (exact) mass is 679 g/mol. The second-order valence-electron chi connectivity index (χ2n) is 11.8.